The van der Waals surface area contributed by atoms with Gasteiger partial charge in [-0.15, -0.1) is 11.3 Å². The summed E-state index contributed by atoms with van der Waals surface area (Å²) in [6.45, 7) is 4.33. The molecule has 0 fully saturated rings. The molecule has 0 amide bonds. The Bertz CT molecular complexity index is 522. The van der Waals surface area contributed by atoms with E-state index >= 15 is 0 Å². The lowest BCUT2D eigenvalue weighted by atomic mass is 9.99. The lowest BCUT2D eigenvalue weighted by Crippen LogP contribution is -1.95. The molecule has 0 bridgehead atoms. The van der Waals surface area contributed by atoms with Gasteiger partial charge in [0.2, 0.25) is 0 Å². The third kappa shape index (κ3) is 2.53. The third-order valence-electron chi connectivity index (χ3n) is 2.65. The fourth-order valence-electron chi connectivity index (χ4n) is 1.75. The van der Waals surface area contributed by atoms with Crippen molar-refractivity contribution in [2.75, 3.05) is 7.11 Å². The number of rotatable bonds is 3. The van der Waals surface area contributed by atoms with Crippen molar-refractivity contribution in [3.05, 3.63) is 33.1 Å². The summed E-state index contributed by atoms with van der Waals surface area (Å²) in [6.07, 6.45) is 0. The highest BCUT2D eigenvalue weighted by Gasteiger charge is 2.12. The molecular formula is C13H14BrNOS. The van der Waals surface area contributed by atoms with E-state index in [1.54, 1.807) is 18.4 Å². The molecule has 0 N–H and O–H groups in total. The molecule has 2 rings (SSSR count). The number of methoxy groups -OCH3 is 1. The van der Waals surface area contributed by atoms with Crippen LogP contribution >= 0.6 is 27.3 Å². The molecule has 1 heterocycles. The highest BCUT2D eigenvalue weighted by atomic mass is 79.9. The highest BCUT2D eigenvalue weighted by Crippen LogP contribution is 2.35. The minimum atomic E-state index is 0.433. The molecule has 2 aromatic rings. The van der Waals surface area contributed by atoms with E-state index in [0.29, 0.717) is 5.92 Å². The van der Waals surface area contributed by atoms with E-state index in [1.807, 2.05) is 17.6 Å². The lowest BCUT2D eigenvalue weighted by Gasteiger charge is -2.13. The molecule has 0 aliphatic rings. The smallest absolute Gasteiger partial charge is 0.122 e. The normalized spacial score (nSPS) is 10.9. The second kappa shape index (κ2) is 5.19. The summed E-state index contributed by atoms with van der Waals surface area (Å²) in [5.41, 5.74) is 5.19. The first-order valence-electron chi connectivity index (χ1n) is 5.40. The van der Waals surface area contributed by atoms with Crippen LogP contribution in [0.15, 0.2) is 27.5 Å². The van der Waals surface area contributed by atoms with Crippen molar-refractivity contribution >= 4 is 27.3 Å². The summed E-state index contributed by atoms with van der Waals surface area (Å²) in [6, 6.07) is 6.21. The Labute approximate surface area is 114 Å². The molecule has 0 aliphatic carbocycles. The second-order valence-electron chi connectivity index (χ2n) is 4.09. The van der Waals surface area contributed by atoms with E-state index in [1.165, 1.54) is 5.56 Å². The van der Waals surface area contributed by atoms with E-state index in [9.17, 15) is 0 Å². The minimum Gasteiger partial charge on any atom is -0.496 e. The van der Waals surface area contributed by atoms with Crippen LogP contribution in [0.5, 0.6) is 5.75 Å². The number of halogens is 1. The molecule has 0 unspecified atom stereocenters. The van der Waals surface area contributed by atoms with Crippen molar-refractivity contribution in [3.63, 3.8) is 0 Å². The Hall–Kier alpha value is -0.870. The number of hydrogen-bond acceptors (Lipinski definition) is 3. The van der Waals surface area contributed by atoms with E-state index < -0.39 is 0 Å². The maximum atomic E-state index is 5.38. The molecule has 0 radical (unpaired) electrons. The molecule has 0 spiro atoms. The van der Waals surface area contributed by atoms with Gasteiger partial charge in [-0.25, -0.2) is 4.98 Å². The first kappa shape index (κ1) is 12.6. The summed E-state index contributed by atoms with van der Waals surface area (Å²) in [4.78, 5) is 4.37. The van der Waals surface area contributed by atoms with Crippen LogP contribution in [-0.2, 0) is 0 Å². The quantitative estimate of drug-likeness (QED) is 0.819. The molecule has 2 nitrogen and oxygen atoms in total. The van der Waals surface area contributed by atoms with Crippen LogP contribution < -0.4 is 4.74 Å². The number of ether oxygens (including phenoxy) is 1. The summed E-state index contributed by atoms with van der Waals surface area (Å²) in [5, 5.41) is 0. The Balaban J connectivity index is 2.51. The minimum absolute atomic E-state index is 0.433. The van der Waals surface area contributed by atoms with Crippen molar-refractivity contribution in [2.24, 2.45) is 0 Å². The molecule has 0 saturated heterocycles. The van der Waals surface area contributed by atoms with E-state index in [-0.39, 0.29) is 0 Å². The monoisotopic (exact) mass is 311 g/mol. The van der Waals surface area contributed by atoms with Crippen LogP contribution in [0.25, 0.3) is 11.3 Å². The standard InChI is InChI=1S/C13H14BrNOS/c1-8(2)10-6-9(4-5-11(10)16-3)12-13(14)17-7-15-12/h4-8H,1-3H3. The Morgan fingerprint density at radius 1 is 1.35 bits per heavy atom. The number of aromatic nitrogens is 1. The fourth-order valence-corrected chi connectivity index (χ4v) is 2.87. The molecule has 17 heavy (non-hydrogen) atoms. The Morgan fingerprint density at radius 3 is 2.65 bits per heavy atom. The summed E-state index contributed by atoms with van der Waals surface area (Å²) in [7, 11) is 1.71. The van der Waals surface area contributed by atoms with Gasteiger partial charge in [0.1, 0.15) is 5.75 Å². The van der Waals surface area contributed by atoms with Crippen LogP contribution in [0, 0.1) is 0 Å². The van der Waals surface area contributed by atoms with E-state index in [2.05, 4.69) is 40.8 Å². The Morgan fingerprint density at radius 2 is 2.12 bits per heavy atom. The van der Waals surface area contributed by atoms with Crippen LogP contribution in [0.2, 0.25) is 0 Å². The predicted molar refractivity (Wildman–Crippen MR) is 75.9 cm³/mol. The SMILES string of the molecule is COc1ccc(-c2ncsc2Br)cc1C(C)C. The fraction of sp³-hybridized carbons (Fsp3) is 0.308. The maximum Gasteiger partial charge on any atom is 0.122 e. The lowest BCUT2D eigenvalue weighted by molar-refractivity contribution is 0.407. The van der Waals surface area contributed by atoms with Gasteiger partial charge in [-0.05, 0) is 45.6 Å². The summed E-state index contributed by atoms with van der Waals surface area (Å²) >= 11 is 5.12. The third-order valence-corrected chi connectivity index (χ3v) is 4.20. The molecular weight excluding hydrogens is 298 g/mol. The Kier molecular flexibility index (Phi) is 3.84. The zero-order valence-corrected chi connectivity index (χ0v) is 12.4. The largest absolute Gasteiger partial charge is 0.496 e. The first-order chi connectivity index (χ1) is 8.13. The van der Waals surface area contributed by atoms with Crippen molar-refractivity contribution in [1.29, 1.82) is 0 Å². The van der Waals surface area contributed by atoms with Gasteiger partial charge in [-0.1, -0.05) is 13.8 Å². The molecule has 0 atom stereocenters. The van der Waals surface area contributed by atoms with Gasteiger partial charge in [0.05, 0.1) is 22.1 Å². The zero-order chi connectivity index (χ0) is 12.4. The summed E-state index contributed by atoms with van der Waals surface area (Å²) in [5.74, 6) is 1.37. The van der Waals surface area contributed by atoms with Crippen molar-refractivity contribution in [1.82, 2.24) is 4.98 Å². The number of nitrogens with zero attached hydrogens (tertiary/aromatic N) is 1. The molecule has 0 aliphatic heterocycles. The van der Waals surface area contributed by atoms with Gasteiger partial charge in [0.25, 0.3) is 0 Å². The van der Waals surface area contributed by atoms with Crippen LogP contribution in [-0.4, -0.2) is 12.1 Å². The first-order valence-corrected chi connectivity index (χ1v) is 7.08. The molecule has 1 aromatic carbocycles. The highest BCUT2D eigenvalue weighted by molar-refractivity contribution is 9.11. The maximum absolute atomic E-state index is 5.38. The van der Waals surface area contributed by atoms with Crippen molar-refractivity contribution < 1.29 is 4.74 Å². The van der Waals surface area contributed by atoms with Crippen molar-refractivity contribution in [2.45, 2.75) is 19.8 Å². The number of benzene rings is 1. The average molecular weight is 312 g/mol. The number of thiazole rings is 1. The van der Waals surface area contributed by atoms with Crippen molar-refractivity contribution in [3.8, 4) is 17.0 Å². The van der Waals surface area contributed by atoms with Crippen LogP contribution in [0.3, 0.4) is 0 Å². The zero-order valence-electron chi connectivity index (χ0n) is 10.0. The van der Waals surface area contributed by atoms with Gasteiger partial charge in [-0.2, -0.15) is 0 Å². The van der Waals surface area contributed by atoms with Gasteiger partial charge in [-0.3, -0.25) is 0 Å². The summed E-state index contributed by atoms with van der Waals surface area (Å²) < 4.78 is 6.45. The van der Waals surface area contributed by atoms with E-state index in [4.69, 9.17) is 4.74 Å². The average Bonchev–Trinajstić information content (AvgIpc) is 2.74. The van der Waals surface area contributed by atoms with Gasteiger partial charge in [0, 0.05) is 5.56 Å². The molecule has 4 heteroatoms. The van der Waals surface area contributed by atoms with Crippen LogP contribution in [0.4, 0.5) is 0 Å². The van der Waals surface area contributed by atoms with Gasteiger partial charge < -0.3 is 4.74 Å². The number of hydrogen-bond donors (Lipinski definition) is 0. The predicted octanol–water partition coefficient (Wildman–Crippen LogP) is 4.70. The molecule has 0 saturated carbocycles. The topological polar surface area (TPSA) is 22.1 Å². The van der Waals surface area contributed by atoms with Gasteiger partial charge in [0.15, 0.2) is 0 Å². The second-order valence-corrected chi connectivity index (χ2v) is 6.26. The van der Waals surface area contributed by atoms with E-state index in [0.717, 1.165) is 20.8 Å². The van der Waals surface area contributed by atoms with Gasteiger partial charge >= 0.3 is 0 Å². The molecule has 1 aromatic heterocycles. The van der Waals surface area contributed by atoms with Crippen LogP contribution in [0.1, 0.15) is 25.3 Å². The molecule has 90 valence electrons.